The number of likely N-dealkylation sites (N-methyl/N-ethyl adjacent to an activating group) is 1. The third-order valence-corrected chi connectivity index (χ3v) is 2.01. The van der Waals surface area contributed by atoms with Gasteiger partial charge in [0.25, 0.3) is 0 Å². The summed E-state index contributed by atoms with van der Waals surface area (Å²) in [5, 5.41) is 2.79. The molecule has 3 nitrogen and oxygen atoms in total. The van der Waals surface area contributed by atoms with Crippen molar-refractivity contribution in [1.29, 1.82) is 0 Å². The fourth-order valence-electron chi connectivity index (χ4n) is 0.985. The summed E-state index contributed by atoms with van der Waals surface area (Å²) in [6, 6.07) is -0.282. The van der Waals surface area contributed by atoms with Gasteiger partial charge < -0.3 is 14.8 Å². The lowest BCUT2D eigenvalue weighted by molar-refractivity contribution is -0.167. The standard InChI is InChI=1S/C10H19F4NO2/c1-3-4-16-5-8(15-2)6-17-7-10(13,14)9(11)12/h8-9,15H,3-7H2,1-2H3. The van der Waals surface area contributed by atoms with Gasteiger partial charge in [-0.15, -0.1) is 0 Å². The van der Waals surface area contributed by atoms with Gasteiger partial charge in [-0.3, -0.25) is 0 Å². The summed E-state index contributed by atoms with van der Waals surface area (Å²) < 4.78 is 58.3. The lowest BCUT2D eigenvalue weighted by Gasteiger charge is -2.19. The first-order valence-corrected chi connectivity index (χ1v) is 5.42. The summed E-state index contributed by atoms with van der Waals surface area (Å²) in [6.45, 7) is 1.42. The summed E-state index contributed by atoms with van der Waals surface area (Å²) >= 11 is 0. The van der Waals surface area contributed by atoms with Crippen LogP contribution in [0.5, 0.6) is 0 Å². The Morgan fingerprint density at radius 3 is 2.24 bits per heavy atom. The van der Waals surface area contributed by atoms with Crippen LogP contribution in [-0.2, 0) is 9.47 Å². The Morgan fingerprint density at radius 1 is 1.18 bits per heavy atom. The highest BCUT2D eigenvalue weighted by Crippen LogP contribution is 2.22. The molecule has 0 aliphatic heterocycles. The fourth-order valence-corrected chi connectivity index (χ4v) is 0.985. The van der Waals surface area contributed by atoms with E-state index in [9.17, 15) is 17.6 Å². The van der Waals surface area contributed by atoms with Crippen molar-refractivity contribution in [3.8, 4) is 0 Å². The number of ether oxygens (including phenoxy) is 2. The zero-order valence-electron chi connectivity index (χ0n) is 10.0. The predicted octanol–water partition coefficient (Wildman–Crippen LogP) is 1.92. The van der Waals surface area contributed by atoms with Crippen molar-refractivity contribution in [1.82, 2.24) is 5.32 Å². The minimum Gasteiger partial charge on any atom is -0.380 e. The van der Waals surface area contributed by atoms with Gasteiger partial charge in [-0.05, 0) is 13.5 Å². The number of alkyl halides is 4. The van der Waals surface area contributed by atoms with E-state index in [2.05, 4.69) is 10.1 Å². The molecule has 0 saturated carbocycles. The summed E-state index contributed by atoms with van der Waals surface area (Å²) in [4.78, 5) is 0. The van der Waals surface area contributed by atoms with Gasteiger partial charge in [-0.2, -0.15) is 8.78 Å². The molecule has 0 bridgehead atoms. The molecule has 0 spiro atoms. The highest BCUT2D eigenvalue weighted by atomic mass is 19.3. The van der Waals surface area contributed by atoms with Crippen LogP contribution in [0.4, 0.5) is 17.6 Å². The quantitative estimate of drug-likeness (QED) is 0.481. The van der Waals surface area contributed by atoms with E-state index in [1.165, 1.54) is 0 Å². The Hall–Kier alpha value is -0.400. The highest BCUT2D eigenvalue weighted by molar-refractivity contribution is 4.69. The van der Waals surface area contributed by atoms with Gasteiger partial charge in [0.2, 0.25) is 0 Å². The molecule has 0 aromatic heterocycles. The molecule has 104 valence electrons. The number of nitrogens with one attached hydrogen (secondary N) is 1. The van der Waals surface area contributed by atoms with Gasteiger partial charge in [-0.25, -0.2) is 8.78 Å². The van der Waals surface area contributed by atoms with Gasteiger partial charge in [-0.1, -0.05) is 6.92 Å². The summed E-state index contributed by atoms with van der Waals surface area (Å²) in [6.07, 6.45) is -2.85. The van der Waals surface area contributed by atoms with Crippen molar-refractivity contribution in [2.75, 3.05) is 33.5 Å². The molecule has 1 atom stereocenters. The Bertz CT molecular complexity index is 193. The van der Waals surface area contributed by atoms with Crippen LogP contribution in [0.15, 0.2) is 0 Å². The smallest absolute Gasteiger partial charge is 0.330 e. The average Bonchev–Trinajstić information content (AvgIpc) is 2.26. The van der Waals surface area contributed by atoms with Crippen LogP contribution in [0.3, 0.4) is 0 Å². The molecule has 0 aliphatic rings. The second kappa shape index (κ2) is 8.66. The summed E-state index contributed by atoms with van der Waals surface area (Å²) in [7, 11) is 1.62. The normalized spacial score (nSPS) is 14.3. The molecule has 0 saturated heterocycles. The molecular formula is C10H19F4NO2. The van der Waals surface area contributed by atoms with Crippen LogP contribution in [0.25, 0.3) is 0 Å². The molecule has 0 amide bonds. The molecule has 0 radical (unpaired) electrons. The van der Waals surface area contributed by atoms with Gasteiger partial charge in [0.1, 0.15) is 6.61 Å². The third-order valence-electron chi connectivity index (χ3n) is 2.01. The lowest BCUT2D eigenvalue weighted by Crippen LogP contribution is -2.38. The van der Waals surface area contributed by atoms with E-state index in [1.807, 2.05) is 6.92 Å². The van der Waals surface area contributed by atoms with Crippen LogP contribution in [0, 0.1) is 0 Å². The number of rotatable bonds is 10. The Balaban J connectivity index is 3.76. The van der Waals surface area contributed by atoms with Crippen LogP contribution in [0.2, 0.25) is 0 Å². The van der Waals surface area contributed by atoms with Gasteiger partial charge in [0.15, 0.2) is 0 Å². The van der Waals surface area contributed by atoms with Crippen molar-refractivity contribution in [2.24, 2.45) is 0 Å². The molecule has 0 fully saturated rings. The molecule has 1 unspecified atom stereocenters. The fraction of sp³-hybridized carbons (Fsp3) is 1.00. The third kappa shape index (κ3) is 7.51. The first-order chi connectivity index (χ1) is 7.94. The van der Waals surface area contributed by atoms with Gasteiger partial charge in [0.05, 0.1) is 19.3 Å². The van der Waals surface area contributed by atoms with E-state index < -0.39 is 19.0 Å². The van der Waals surface area contributed by atoms with Crippen molar-refractivity contribution < 1.29 is 27.0 Å². The monoisotopic (exact) mass is 261 g/mol. The minimum absolute atomic E-state index is 0.0947. The lowest BCUT2D eigenvalue weighted by atomic mass is 10.3. The van der Waals surface area contributed by atoms with Crippen molar-refractivity contribution in [3.63, 3.8) is 0 Å². The van der Waals surface area contributed by atoms with Crippen LogP contribution in [-0.4, -0.2) is 51.9 Å². The van der Waals surface area contributed by atoms with Crippen molar-refractivity contribution in [3.05, 3.63) is 0 Å². The number of hydrogen-bond acceptors (Lipinski definition) is 3. The van der Waals surface area contributed by atoms with Crippen LogP contribution in [0.1, 0.15) is 13.3 Å². The van der Waals surface area contributed by atoms with Gasteiger partial charge >= 0.3 is 12.3 Å². The SMILES string of the molecule is CCCOCC(COCC(F)(F)C(F)F)NC. The molecule has 0 aromatic carbocycles. The molecule has 1 N–H and O–H groups in total. The number of hydrogen-bond donors (Lipinski definition) is 1. The van der Waals surface area contributed by atoms with Crippen LogP contribution >= 0.6 is 0 Å². The second-order valence-corrected chi connectivity index (χ2v) is 3.64. The zero-order chi connectivity index (χ0) is 13.3. The maximum absolute atomic E-state index is 12.5. The largest absolute Gasteiger partial charge is 0.380 e. The topological polar surface area (TPSA) is 30.5 Å². The van der Waals surface area contributed by atoms with E-state index in [0.717, 1.165) is 6.42 Å². The Morgan fingerprint density at radius 2 is 1.76 bits per heavy atom. The molecule has 7 heteroatoms. The highest BCUT2D eigenvalue weighted by Gasteiger charge is 2.41. The Labute approximate surface area is 98.5 Å². The average molecular weight is 261 g/mol. The summed E-state index contributed by atoms with van der Waals surface area (Å²) in [5.41, 5.74) is 0. The maximum atomic E-state index is 12.5. The second-order valence-electron chi connectivity index (χ2n) is 3.64. The van der Waals surface area contributed by atoms with E-state index in [4.69, 9.17) is 4.74 Å². The molecule has 0 rings (SSSR count). The molecule has 0 aliphatic carbocycles. The maximum Gasteiger partial charge on any atom is 0.330 e. The molecule has 17 heavy (non-hydrogen) atoms. The van der Waals surface area contributed by atoms with Crippen LogP contribution < -0.4 is 5.32 Å². The van der Waals surface area contributed by atoms with E-state index >= 15 is 0 Å². The van der Waals surface area contributed by atoms with E-state index in [-0.39, 0.29) is 12.6 Å². The van der Waals surface area contributed by atoms with Gasteiger partial charge in [0, 0.05) is 6.61 Å². The summed E-state index contributed by atoms with van der Waals surface area (Å²) in [5.74, 6) is -4.09. The zero-order valence-corrected chi connectivity index (χ0v) is 10.0. The van der Waals surface area contributed by atoms with E-state index in [1.54, 1.807) is 7.05 Å². The molecule has 0 aromatic rings. The van der Waals surface area contributed by atoms with Crippen molar-refractivity contribution in [2.45, 2.75) is 31.7 Å². The molecule has 0 heterocycles. The number of halogens is 4. The molecular weight excluding hydrogens is 242 g/mol. The van der Waals surface area contributed by atoms with Crippen molar-refractivity contribution >= 4 is 0 Å². The first-order valence-electron chi connectivity index (χ1n) is 5.42. The first kappa shape index (κ1) is 16.6. The van der Waals surface area contributed by atoms with E-state index in [0.29, 0.717) is 13.2 Å². The Kier molecular flexibility index (Phi) is 8.45. The minimum atomic E-state index is -4.09. The predicted molar refractivity (Wildman–Crippen MR) is 55.7 cm³/mol.